The van der Waals surface area contributed by atoms with Crippen molar-refractivity contribution >= 4 is 49.8 Å². The first-order chi connectivity index (χ1) is 33.3. The van der Waals surface area contributed by atoms with E-state index in [9.17, 15) is 0 Å². The van der Waals surface area contributed by atoms with Crippen LogP contribution in [0.4, 0.5) is 17.1 Å². The number of nitrogens with zero attached hydrogens (tertiary/aromatic N) is 1. The lowest BCUT2D eigenvalue weighted by molar-refractivity contribution is 0.671. The summed E-state index contributed by atoms with van der Waals surface area (Å²) < 4.78 is 7.28. The summed E-state index contributed by atoms with van der Waals surface area (Å²) in [7, 11) is 0. The number of anilines is 3. The summed E-state index contributed by atoms with van der Waals surface area (Å²) in [6, 6.07) is 91.1. The maximum atomic E-state index is 7.28. The molecule has 2 aliphatic carbocycles. The van der Waals surface area contributed by atoms with Crippen molar-refractivity contribution in [3.63, 3.8) is 0 Å². The third-order valence-electron chi connectivity index (χ3n) is 14.5. The van der Waals surface area contributed by atoms with Gasteiger partial charge in [-0.05, 0) is 102 Å². The van der Waals surface area contributed by atoms with Crippen molar-refractivity contribution in [3.8, 4) is 55.6 Å². The summed E-state index contributed by atoms with van der Waals surface area (Å²) in [6.45, 7) is 0. The van der Waals surface area contributed by atoms with Gasteiger partial charge in [0.1, 0.15) is 11.2 Å². The van der Waals surface area contributed by atoms with Crippen molar-refractivity contribution in [1.29, 1.82) is 0 Å². The van der Waals surface area contributed by atoms with Crippen LogP contribution in [-0.4, -0.2) is 0 Å². The van der Waals surface area contributed by atoms with E-state index in [0.29, 0.717) is 0 Å². The van der Waals surface area contributed by atoms with Crippen molar-refractivity contribution in [3.05, 3.63) is 271 Å². The molecule has 0 radical (unpaired) electrons. The fraction of sp³-hybridized carbons (Fsp3) is 0.0154. The molecule has 1 aromatic heterocycles. The molecule has 12 aromatic rings. The van der Waals surface area contributed by atoms with Gasteiger partial charge < -0.3 is 9.32 Å². The minimum atomic E-state index is -0.488. The normalized spacial score (nSPS) is 12.9. The minimum Gasteiger partial charge on any atom is -0.455 e. The lowest BCUT2D eigenvalue weighted by Gasteiger charge is -2.32. The number of furan rings is 1. The lowest BCUT2D eigenvalue weighted by atomic mass is 9.70. The van der Waals surface area contributed by atoms with Crippen LogP contribution in [0.2, 0.25) is 0 Å². The average Bonchev–Trinajstić information content (AvgIpc) is 4.05. The molecule has 0 unspecified atom stereocenters. The molecule has 2 nitrogen and oxygen atoms in total. The highest BCUT2D eigenvalue weighted by molar-refractivity contribution is 6.20. The Morgan fingerprint density at radius 3 is 1.51 bits per heavy atom. The molecule has 1 spiro atoms. The van der Waals surface area contributed by atoms with Gasteiger partial charge >= 0.3 is 0 Å². The van der Waals surface area contributed by atoms with Gasteiger partial charge in [0, 0.05) is 27.8 Å². The quantitative estimate of drug-likeness (QED) is 0.166. The fourth-order valence-electron chi connectivity index (χ4n) is 11.7. The molecule has 1 heterocycles. The predicted octanol–water partition coefficient (Wildman–Crippen LogP) is 17.6. The molecule has 2 aliphatic rings. The second kappa shape index (κ2) is 14.7. The van der Waals surface area contributed by atoms with E-state index in [-0.39, 0.29) is 0 Å². The van der Waals surface area contributed by atoms with Crippen molar-refractivity contribution in [2.45, 2.75) is 5.41 Å². The Hall–Kier alpha value is -8.72. The molecule has 0 fully saturated rings. The third-order valence-corrected chi connectivity index (χ3v) is 14.5. The van der Waals surface area contributed by atoms with Gasteiger partial charge in [-0.3, -0.25) is 0 Å². The van der Waals surface area contributed by atoms with Crippen molar-refractivity contribution in [2.24, 2.45) is 0 Å². The van der Waals surface area contributed by atoms with Gasteiger partial charge in [0.2, 0.25) is 0 Å². The second-order valence-electron chi connectivity index (χ2n) is 17.8. The van der Waals surface area contributed by atoms with Gasteiger partial charge in [0.15, 0.2) is 0 Å². The standard InChI is InChI=1S/C65H41NO/c1-3-18-43(19-4-1)49-29-16-30-54-62-60(41-40-50(64(62)67-63(49)54)44-20-5-2-6-21-44)66(46-38-36-45(37-39-46)48-28-15-23-42-22-7-8-24-47(42)48)59-35-17-34-58-61(59)53-27-11-14-33-57(53)65(58)55-31-12-9-25-51(55)52-26-10-13-32-56(52)65/h1-41H. The van der Waals surface area contributed by atoms with Gasteiger partial charge in [0.25, 0.3) is 0 Å². The average molecular weight is 852 g/mol. The molecule has 0 saturated heterocycles. The van der Waals surface area contributed by atoms with Crippen LogP contribution in [0.5, 0.6) is 0 Å². The summed E-state index contributed by atoms with van der Waals surface area (Å²) in [5.41, 5.74) is 21.6. The summed E-state index contributed by atoms with van der Waals surface area (Å²) in [5, 5.41) is 4.62. The zero-order valence-corrected chi connectivity index (χ0v) is 36.5. The van der Waals surface area contributed by atoms with E-state index in [0.717, 1.165) is 61.3 Å². The number of para-hydroxylation sites is 1. The summed E-state index contributed by atoms with van der Waals surface area (Å²) in [5.74, 6) is 0. The molecule has 67 heavy (non-hydrogen) atoms. The Bertz CT molecular complexity index is 3870. The topological polar surface area (TPSA) is 16.4 Å². The van der Waals surface area contributed by atoms with E-state index in [1.807, 2.05) is 0 Å². The molecule has 312 valence electrons. The Kier molecular flexibility index (Phi) is 8.23. The highest BCUT2D eigenvalue weighted by Crippen LogP contribution is 2.65. The highest BCUT2D eigenvalue weighted by Gasteiger charge is 2.52. The molecule has 0 atom stereocenters. The molecule has 0 saturated carbocycles. The maximum Gasteiger partial charge on any atom is 0.145 e. The van der Waals surface area contributed by atoms with Crippen LogP contribution in [0.1, 0.15) is 22.3 Å². The van der Waals surface area contributed by atoms with Crippen LogP contribution in [0, 0.1) is 0 Å². The Morgan fingerprint density at radius 2 is 0.791 bits per heavy atom. The van der Waals surface area contributed by atoms with Crippen LogP contribution in [0.3, 0.4) is 0 Å². The number of fused-ring (bicyclic) bond motifs is 14. The lowest BCUT2D eigenvalue weighted by Crippen LogP contribution is -2.26. The van der Waals surface area contributed by atoms with E-state index in [4.69, 9.17) is 4.42 Å². The number of rotatable bonds is 6. The minimum absolute atomic E-state index is 0.488. The molecule has 0 aliphatic heterocycles. The first-order valence-corrected chi connectivity index (χ1v) is 23.2. The van der Waals surface area contributed by atoms with Crippen LogP contribution >= 0.6 is 0 Å². The van der Waals surface area contributed by atoms with Gasteiger partial charge in [-0.1, -0.05) is 218 Å². The summed E-state index contributed by atoms with van der Waals surface area (Å²) >= 11 is 0. The SMILES string of the molecule is c1ccc(-c2cccc3c2oc2c(-c4ccccc4)ccc(N(c4ccc(-c5cccc6ccccc56)cc4)c4cccc5c4-c4ccccc4C54c5ccccc5-c5ccccc54)c23)cc1. The molecular weight excluding hydrogens is 811 g/mol. The monoisotopic (exact) mass is 851 g/mol. The van der Waals surface area contributed by atoms with Crippen LogP contribution in [0.15, 0.2) is 253 Å². The summed E-state index contributed by atoms with van der Waals surface area (Å²) in [6.07, 6.45) is 0. The first-order valence-electron chi connectivity index (χ1n) is 23.2. The van der Waals surface area contributed by atoms with E-state index < -0.39 is 5.41 Å². The molecular formula is C65H41NO. The van der Waals surface area contributed by atoms with E-state index >= 15 is 0 Å². The van der Waals surface area contributed by atoms with Crippen molar-refractivity contribution in [1.82, 2.24) is 0 Å². The molecule has 0 amide bonds. The largest absolute Gasteiger partial charge is 0.455 e. The van der Waals surface area contributed by atoms with Gasteiger partial charge in [-0.2, -0.15) is 0 Å². The Balaban J connectivity index is 1.08. The maximum absolute atomic E-state index is 7.28. The van der Waals surface area contributed by atoms with Crippen molar-refractivity contribution < 1.29 is 4.42 Å². The zero-order chi connectivity index (χ0) is 44.1. The van der Waals surface area contributed by atoms with Gasteiger partial charge in [-0.25, -0.2) is 0 Å². The van der Waals surface area contributed by atoms with E-state index in [1.54, 1.807) is 0 Å². The smallest absolute Gasteiger partial charge is 0.145 e. The summed E-state index contributed by atoms with van der Waals surface area (Å²) in [4.78, 5) is 2.51. The van der Waals surface area contributed by atoms with Crippen LogP contribution < -0.4 is 4.90 Å². The van der Waals surface area contributed by atoms with E-state index in [1.165, 1.54) is 66.4 Å². The predicted molar refractivity (Wildman–Crippen MR) is 279 cm³/mol. The molecule has 0 bridgehead atoms. The zero-order valence-electron chi connectivity index (χ0n) is 36.5. The Morgan fingerprint density at radius 1 is 0.299 bits per heavy atom. The fourth-order valence-corrected chi connectivity index (χ4v) is 11.7. The van der Waals surface area contributed by atoms with Gasteiger partial charge in [0.05, 0.1) is 22.2 Å². The van der Waals surface area contributed by atoms with E-state index in [2.05, 4.69) is 254 Å². The van der Waals surface area contributed by atoms with Crippen molar-refractivity contribution in [2.75, 3.05) is 4.90 Å². The number of benzene rings is 11. The van der Waals surface area contributed by atoms with Gasteiger partial charge in [-0.15, -0.1) is 0 Å². The molecule has 11 aromatic carbocycles. The number of hydrogen-bond acceptors (Lipinski definition) is 2. The molecule has 2 heteroatoms. The van der Waals surface area contributed by atoms with Crippen LogP contribution in [0.25, 0.3) is 88.3 Å². The molecule has 0 N–H and O–H groups in total. The third kappa shape index (κ3) is 5.39. The highest BCUT2D eigenvalue weighted by atomic mass is 16.3. The molecule has 14 rings (SSSR count). The first kappa shape index (κ1) is 37.6. The van der Waals surface area contributed by atoms with Crippen LogP contribution in [-0.2, 0) is 5.41 Å². The second-order valence-corrected chi connectivity index (χ2v) is 17.8. The number of hydrogen-bond donors (Lipinski definition) is 0. The Labute approximate surface area is 389 Å².